The average Bonchev–Trinajstić information content (AvgIpc) is 3.59. The Labute approximate surface area is 211 Å². The summed E-state index contributed by atoms with van der Waals surface area (Å²) >= 11 is 1.63. The lowest BCUT2D eigenvalue weighted by Gasteiger charge is -2.29. The predicted molar refractivity (Wildman–Crippen MR) is 140 cm³/mol. The minimum absolute atomic E-state index is 0.00179. The van der Waals surface area contributed by atoms with Crippen LogP contribution in [0.15, 0.2) is 72.1 Å². The van der Waals surface area contributed by atoms with Gasteiger partial charge in [0, 0.05) is 30.3 Å². The summed E-state index contributed by atoms with van der Waals surface area (Å²) in [5, 5.41) is 5.05. The highest BCUT2D eigenvalue weighted by molar-refractivity contribution is 7.09. The molecule has 1 unspecified atom stereocenters. The minimum atomic E-state index is -0.273. The van der Waals surface area contributed by atoms with Crippen LogP contribution in [0.25, 0.3) is 0 Å². The van der Waals surface area contributed by atoms with Crippen LogP contribution in [0.3, 0.4) is 0 Å². The summed E-state index contributed by atoms with van der Waals surface area (Å²) in [6.45, 7) is 4.16. The Bertz CT molecular complexity index is 1080. The van der Waals surface area contributed by atoms with E-state index in [4.69, 9.17) is 4.74 Å². The zero-order valence-corrected chi connectivity index (χ0v) is 21.0. The molecule has 3 amide bonds. The highest BCUT2D eigenvalue weighted by Crippen LogP contribution is 2.19. The molecular formula is C28H33N3O3S. The van der Waals surface area contributed by atoms with E-state index >= 15 is 0 Å². The molecule has 184 valence electrons. The van der Waals surface area contributed by atoms with Gasteiger partial charge in [-0.1, -0.05) is 61.5 Å². The van der Waals surface area contributed by atoms with Gasteiger partial charge in [-0.05, 0) is 47.9 Å². The van der Waals surface area contributed by atoms with Gasteiger partial charge < -0.3 is 19.9 Å². The van der Waals surface area contributed by atoms with Crippen molar-refractivity contribution in [3.8, 4) is 0 Å². The lowest BCUT2D eigenvalue weighted by atomic mass is 10.1. The molecule has 0 saturated carbocycles. The van der Waals surface area contributed by atoms with E-state index in [1.165, 1.54) is 0 Å². The molecule has 1 saturated heterocycles. The van der Waals surface area contributed by atoms with Crippen LogP contribution >= 0.6 is 11.3 Å². The van der Waals surface area contributed by atoms with Gasteiger partial charge in [0.05, 0.1) is 12.6 Å². The van der Waals surface area contributed by atoms with Crippen LogP contribution in [0.2, 0.25) is 0 Å². The third-order valence-corrected chi connectivity index (χ3v) is 7.06. The van der Waals surface area contributed by atoms with Crippen molar-refractivity contribution in [2.24, 2.45) is 0 Å². The maximum atomic E-state index is 13.6. The first kappa shape index (κ1) is 24.9. The molecule has 0 spiro atoms. The van der Waals surface area contributed by atoms with Gasteiger partial charge in [-0.3, -0.25) is 4.79 Å². The highest BCUT2D eigenvalue weighted by Gasteiger charge is 2.27. The molecule has 0 aliphatic carbocycles. The van der Waals surface area contributed by atoms with E-state index in [1.54, 1.807) is 16.2 Å². The molecule has 1 aliphatic rings. The van der Waals surface area contributed by atoms with Gasteiger partial charge in [0.1, 0.15) is 6.54 Å². The number of nitrogens with zero attached hydrogens (tertiary/aromatic N) is 2. The van der Waals surface area contributed by atoms with Crippen LogP contribution in [0, 0.1) is 0 Å². The number of ether oxygens (including phenoxy) is 1. The third kappa shape index (κ3) is 7.16. The number of thiophene rings is 1. The quantitative estimate of drug-likeness (QED) is 0.404. The summed E-state index contributed by atoms with van der Waals surface area (Å²) in [5.74, 6) is -0.0841. The van der Waals surface area contributed by atoms with Gasteiger partial charge in [-0.15, -0.1) is 11.3 Å². The Morgan fingerprint density at radius 1 is 1.00 bits per heavy atom. The van der Waals surface area contributed by atoms with Gasteiger partial charge in [-0.25, -0.2) is 4.79 Å². The summed E-state index contributed by atoms with van der Waals surface area (Å²) in [6, 6.07) is 21.5. The number of benzene rings is 2. The van der Waals surface area contributed by atoms with Crippen LogP contribution in [-0.2, 0) is 29.0 Å². The lowest BCUT2D eigenvalue weighted by molar-refractivity contribution is -0.133. The molecule has 2 aromatic carbocycles. The maximum Gasteiger partial charge on any atom is 0.322 e. The SMILES string of the molecule is CCc1ccccc1NC(=O)N(CC(=O)N(Cc1ccccc1)Cc1cccs1)CC1CCCO1. The zero-order chi connectivity index (χ0) is 24.5. The first-order chi connectivity index (χ1) is 17.1. The number of anilines is 1. The van der Waals surface area contributed by atoms with Crippen LogP contribution in [0.1, 0.15) is 35.8 Å². The smallest absolute Gasteiger partial charge is 0.322 e. The number of aryl methyl sites for hydroxylation is 1. The molecule has 4 rings (SSSR count). The molecular weight excluding hydrogens is 458 g/mol. The van der Waals surface area contributed by atoms with Crippen LogP contribution in [0.5, 0.6) is 0 Å². The number of nitrogens with one attached hydrogen (secondary N) is 1. The summed E-state index contributed by atoms with van der Waals surface area (Å²) < 4.78 is 5.81. The highest BCUT2D eigenvalue weighted by atomic mass is 32.1. The molecule has 0 radical (unpaired) electrons. The number of urea groups is 1. The predicted octanol–water partition coefficient (Wildman–Crippen LogP) is 5.55. The molecule has 3 aromatic rings. The molecule has 6 nitrogen and oxygen atoms in total. The Balaban J connectivity index is 1.51. The largest absolute Gasteiger partial charge is 0.376 e. The van der Waals surface area contributed by atoms with Crippen molar-refractivity contribution in [1.29, 1.82) is 0 Å². The normalized spacial score (nSPS) is 15.1. The molecule has 1 fully saturated rings. The van der Waals surface area contributed by atoms with Crippen molar-refractivity contribution in [2.45, 2.75) is 45.4 Å². The van der Waals surface area contributed by atoms with Crippen molar-refractivity contribution >= 4 is 29.0 Å². The Hall–Kier alpha value is -3.16. The fraction of sp³-hybridized carbons (Fsp3) is 0.357. The van der Waals surface area contributed by atoms with Crippen molar-refractivity contribution in [1.82, 2.24) is 9.80 Å². The van der Waals surface area contributed by atoms with Gasteiger partial charge >= 0.3 is 6.03 Å². The molecule has 35 heavy (non-hydrogen) atoms. The number of carbonyl (C=O) groups excluding carboxylic acids is 2. The monoisotopic (exact) mass is 491 g/mol. The first-order valence-electron chi connectivity index (χ1n) is 12.2. The van der Waals surface area contributed by atoms with Crippen LogP contribution < -0.4 is 5.32 Å². The number of hydrogen-bond donors (Lipinski definition) is 1. The zero-order valence-electron chi connectivity index (χ0n) is 20.2. The standard InChI is InChI=1S/C28H33N3O3S/c1-2-23-12-6-7-15-26(23)29-28(33)31(19-24-13-8-16-34-24)21-27(32)30(20-25-14-9-17-35-25)18-22-10-4-3-5-11-22/h3-7,9-12,14-15,17,24H,2,8,13,16,18-21H2,1H3,(H,29,33). The number of para-hydroxylation sites is 1. The van der Waals surface area contributed by atoms with E-state index in [9.17, 15) is 9.59 Å². The second-order valence-corrected chi connectivity index (χ2v) is 9.80. The number of carbonyl (C=O) groups is 2. The average molecular weight is 492 g/mol. The summed E-state index contributed by atoms with van der Waals surface area (Å²) in [4.78, 5) is 31.5. The fourth-order valence-electron chi connectivity index (χ4n) is 4.29. The molecule has 2 heterocycles. The van der Waals surface area contributed by atoms with Gasteiger partial charge in [0.2, 0.25) is 5.91 Å². The molecule has 1 atom stereocenters. The Morgan fingerprint density at radius 3 is 2.51 bits per heavy atom. The Morgan fingerprint density at radius 2 is 1.80 bits per heavy atom. The second-order valence-electron chi connectivity index (χ2n) is 8.77. The molecule has 1 aliphatic heterocycles. The molecule has 0 bridgehead atoms. The van der Waals surface area contributed by atoms with E-state index in [-0.39, 0.29) is 24.6 Å². The van der Waals surface area contributed by atoms with E-state index < -0.39 is 0 Å². The Kier molecular flexibility index (Phi) is 8.92. The van der Waals surface area contributed by atoms with Gasteiger partial charge in [0.25, 0.3) is 0 Å². The second kappa shape index (κ2) is 12.5. The topological polar surface area (TPSA) is 61.9 Å². The van der Waals surface area contributed by atoms with Crippen molar-refractivity contribution in [2.75, 3.05) is 25.0 Å². The lowest BCUT2D eigenvalue weighted by Crippen LogP contribution is -2.46. The van der Waals surface area contributed by atoms with Gasteiger partial charge in [-0.2, -0.15) is 0 Å². The minimum Gasteiger partial charge on any atom is -0.376 e. The number of rotatable bonds is 10. The summed E-state index contributed by atoms with van der Waals surface area (Å²) in [6.07, 6.45) is 2.64. The van der Waals surface area contributed by atoms with E-state index in [1.807, 2.05) is 77.0 Å². The molecule has 7 heteroatoms. The molecule has 1 aromatic heterocycles. The maximum absolute atomic E-state index is 13.6. The van der Waals surface area contributed by atoms with E-state index in [0.717, 1.165) is 41.0 Å². The first-order valence-corrected chi connectivity index (χ1v) is 13.1. The van der Waals surface area contributed by atoms with Crippen molar-refractivity contribution < 1.29 is 14.3 Å². The van der Waals surface area contributed by atoms with Crippen molar-refractivity contribution in [3.05, 3.63) is 88.1 Å². The summed E-state index contributed by atoms with van der Waals surface area (Å²) in [5.41, 5.74) is 2.90. The third-order valence-electron chi connectivity index (χ3n) is 6.20. The van der Waals surface area contributed by atoms with Gasteiger partial charge in [0.15, 0.2) is 0 Å². The summed E-state index contributed by atoms with van der Waals surface area (Å²) in [7, 11) is 0. The van der Waals surface area contributed by atoms with E-state index in [0.29, 0.717) is 26.2 Å². The number of amides is 3. The van der Waals surface area contributed by atoms with Crippen LogP contribution in [0.4, 0.5) is 10.5 Å². The number of hydrogen-bond acceptors (Lipinski definition) is 4. The fourth-order valence-corrected chi connectivity index (χ4v) is 5.01. The van der Waals surface area contributed by atoms with Crippen molar-refractivity contribution in [3.63, 3.8) is 0 Å². The molecule has 1 N–H and O–H groups in total. The van der Waals surface area contributed by atoms with Crippen LogP contribution in [-0.4, -0.2) is 47.5 Å². The van der Waals surface area contributed by atoms with E-state index in [2.05, 4.69) is 12.2 Å².